The largest absolute Gasteiger partial charge is 0.478 e. The van der Waals surface area contributed by atoms with Crippen molar-refractivity contribution in [2.24, 2.45) is 5.92 Å². The van der Waals surface area contributed by atoms with Crippen molar-refractivity contribution in [2.75, 3.05) is 18.0 Å². The fourth-order valence-electron chi connectivity index (χ4n) is 2.59. The Morgan fingerprint density at radius 2 is 2.33 bits per heavy atom. The van der Waals surface area contributed by atoms with Crippen LogP contribution in [0.5, 0.6) is 0 Å². The van der Waals surface area contributed by atoms with Crippen LogP contribution in [-0.4, -0.2) is 24.2 Å². The number of carbonyl (C=O) groups is 1. The van der Waals surface area contributed by atoms with Gasteiger partial charge in [-0.2, -0.15) is 0 Å². The maximum absolute atomic E-state index is 13.9. The third-order valence-corrected chi connectivity index (χ3v) is 3.52. The maximum Gasteiger partial charge on any atom is 0.335 e. The topological polar surface area (TPSA) is 40.5 Å². The minimum absolute atomic E-state index is 0.000514. The zero-order chi connectivity index (χ0) is 13.1. The highest BCUT2D eigenvalue weighted by molar-refractivity contribution is 5.88. The summed E-state index contributed by atoms with van der Waals surface area (Å²) >= 11 is 0. The first-order valence-corrected chi connectivity index (χ1v) is 6.39. The van der Waals surface area contributed by atoms with Crippen molar-refractivity contribution in [3.8, 4) is 0 Å². The Morgan fingerprint density at radius 3 is 2.94 bits per heavy atom. The number of hydrogen-bond donors (Lipinski definition) is 1. The van der Waals surface area contributed by atoms with E-state index in [4.69, 9.17) is 5.11 Å². The third-order valence-electron chi connectivity index (χ3n) is 3.52. The number of hydrogen-bond acceptors (Lipinski definition) is 2. The van der Waals surface area contributed by atoms with Crippen LogP contribution < -0.4 is 4.90 Å². The summed E-state index contributed by atoms with van der Waals surface area (Å²) in [4.78, 5) is 12.8. The Morgan fingerprint density at radius 1 is 1.56 bits per heavy atom. The number of aromatic carboxylic acids is 1. The van der Waals surface area contributed by atoms with Crippen molar-refractivity contribution in [3.63, 3.8) is 0 Å². The molecule has 1 N–H and O–H groups in total. The smallest absolute Gasteiger partial charge is 0.335 e. The molecule has 1 heterocycles. The number of anilines is 1. The van der Waals surface area contributed by atoms with Crippen molar-refractivity contribution in [3.05, 3.63) is 29.6 Å². The normalized spacial score (nSPS) is 19.2. The fraction of sp³-hybridized carbons (Fsp3) is 0.500. The number of carboxylic acid groups (broad SMARTS) is 1. The summed E-state index contributed by atoms with van der Waals surface area (Å²) < 4.78 is 13.9. The molecule has 1 aromatic rings. The minimum atomic E-state index is -1.09. The lowest BCUT2D eigenvalue weighted by Crippen LogP contribution is -2.21. The predicted octanol–water partition coefficient (Wildman–Crippen LogP) is 3.15. The Labute approximate surface area is 106 Å². The molecule has 1 aromatic carbocycles. The van der Waals surface area contributed by atoms with Gasteiger partial charge in [0.2, 0.25) is 0 Å². The van der Waals surface area contributed by atoms with E-state index in [1.54, 1.807) is 6.07 Å². The van der Waals surface area contributed by atoms with Gasteiger partial charge in [-0.25, -0.2) is 9.18 Å². The van der Waals surface area contributed by atoms with Crippen LogP contribution in [0.2, 0.25) is 0 Å². The van der Waals surface area contributed by atoms with E-state index in [1.165, 1.54) is 12.5 Å². The second-order valence-electron chi connectivity index (χ2n) is 4.86. The van der Waals surface area contributed by atoms with Gasteiger partial charge in [-0.3, -0.25) is 0 Å². The SMILES string of the molecule is CCCC1CCN(c2ccc(C(=O)O)cc2F)C1. The summed E-state index contributed by atoms with van der Waals surface area (Å²) in [5, 5.41) is 8.80. The molecular formula is C14H18FNO2. The van der Waals surface area contributed by atoms with E-state index in [0.29, 0.717) is 11.6 Å². The predicted molar refractivity (Wildman–Crippen MR) is 68.6 cm³/mol. The van der Waals surface area contributed by atoms with E-state index in [0.717, 1.165) is 32.0 Å². The molecule has 1 saturated heterocycles. The number of carboxylic acids is 1. The maximum atomic E-state index is 13.9. The first-order valence-electron chi connectivity index (χ1n) is 6.39. The van der Waals surface area contributed by atoms with Crippen LogP contribution in [0.25, 0.3) is 0 Å². The average Bonchev–Trinajstić information content (AvgIpc) is 2.77. The summed E-state index contributed by atoms with van der Waals surface area (Å²) in [6.45, 7) is 3.89. The molecule has 2 rings (SSSR count). The molecule has 1 fully saturated rings. The Bertz CT molecular complexity index is 447. The van der Waals surface area contributed by atoms with Gasteiger partial charge >= 0.3 is 5.97 Å². The van der Waals surface area contributed by atoms with Gasteiger partial charge < -0.3 is 10.0 Å². The molecule has 1 unspecified atom stereocenters. The first kappa shape index (κ1) is 12.9. The number of halogens is 1. The monoisotopic (exact) mass is 251 g/mol. The van der Waals surface area contributed by atoms with Crippen molar-refractivity contribution >= 4 is 11.7 Å². The summed E-state index contributed by atoms with van der Waals surface area (Å²) in [5.41, 5.74) is 0.527. The van der Waals surface area contributed by atoms with E-state index in [-0.39, 0.29) is 5.56 Å². The molecule has 1 aliphatic heterocycles. The Hall–Kier alpha value is -1.58. The molecular weight excluding hydrogens is 233 g/mol. The lowest BCUT2D eigenvalue weighted by Gasteiger charge is -2.19. The van der Waals surface area contributed by atoms with Crippen molar-refractivity contribution in [1.29, 1.82) is 0 Å². The van der Waals surface area contributed by atoms with E-state index < -0.39 is 11.8 Å². The van der Waals surface area contributed by atoms with Crippen LogP contribution in [0.15, 0.2) is 18.2 Å². The van der Waals surface area contributed by atoms with Crippen LogP contribution >= 0.6 is 0 Å². The molecule has 0 spiro atoms. The van der Waals surface area contributed by atoms with Gasteiger partial charge in [0.1, 0.15) is 5.82 Å². The molecule has 18 heavy (non-hydrogen) atoms. The molecule has 0 bridgehead atoms. The number of rotatable bonds is 4. The molecule has 0 aliphatic carbocycles. The van der Waals surface area contributed by atoms with Gasteiger partial charge in [-0.1, -0.05) is 13.3 Å². The van der Waals surface area contributed by atoms with Gasteiger partial charge in [0.05, 0.1) is 11.3 Å². The Balaban J connectivity index is 2.12. The molecule has 98 valence electrons. The lowest BCUT2D eigenvalue weighted by molar-refractivity contribution is 0.0696. The standard InChI is InChI=1S/C14H18FNO2/c1-2-3-10-6-7-16(9-10)13-5-4-11(14(17)18)8-12(13)15/h4-5,8,10H,2-3,6-7,9H2,1H3,(H,17,18). The van der Waals surface area contributed by atoms with Crippen LogP contribution in [0.1, 0.15) is 36.5 Å². The van der Waals surface area contributed by atoms with Crippen molar-refractivity contribution in [2.45, 2.75) is 26.2 Å². The zero-order valence-electron chi connectivity index (χ0n) is 10.5. The molecule has 1 aliphatic rings. The minimum Gasteiger partial charge on any atom is -0.478 e. The quantitative estimate of drug-likeness (QED) is 0.893. The van der Waals surface area contributed by atoms with E-state index in [9.17, 15) is 9.18 Å². The van der Waals surface area contributed by atoms with Gasteiger partial charge in [0.25, 0.3) is 0 Å². The molecule has 0 amide bonds. The highest BCUT2D eigenvalue weighted by Gasteiger charge is 2.24. The van der Waals surface area contributed by atoms with Crippen LogP contribution in [-0.2, 0) is 0 Å². The van der Waals surface area contributed by atoms with Crippen LogP contribution in [0.3, 0.4) is 0 Å². The number of benzene rings is 1. The van der Waals surface area contributed by atoms with E-state index >= 15 is 0 Å². The molecule has 3 nitrogen and oxygen atoms in total. The lowest BCUT2D eigenvalue weighted by atomic mass is 10.0. The molecule has 0 radical (unpaired) electrons. The highest BCUT2D eigenvalue weighted by Crippen LogP contribution is 2.28. The van der Waals surface area contributed by atoms with Gasteiger partial charge in [0.15, 0.2) is 0 Å². The van der Waals surface area contributed by atoms with E-state index in [2.05, 4.69) is 6.92 Å². The molecule has 4 heteroatoms. The van der Waals surface area contributed by atoms with Gasteiger partial charge in [-0.15, -0.1) is 0 Å². The first-order chi connectivity index (χ1) is 8.61. The van der Waals surface area contributed by atoms with Gasteiger partial charge in [-0.05, 0) is 37.0 Å². The van der Waals surface area contributed by atoms with Gasteiger partial charge in [0, 0.05) is 13.1 Å². The highest BCUT2D eigenvalue weighted by atomic mass is 19.1. The van der Waals surface area contributed by atoms with E-state index in [1.807, 2.05) is 4.90 Å². The second-order valence-corrected chi connectivity index (χ2v) is 4.86. The van der Waals surface area contributed by atoms with Crippen molar-refractivity contribution < 1.29 is 14.3 Å². The zero-order valence-corrected chi connectivity index (χ0v) is 10.5. The summed E-state index contributed by atoms with van der Waals surface area (Å²) in [5.74, 6) is -0.897. The Kier molecular flexibility index (Phi) is 3.84. The molecule has 0 saturated carbocycles. The van der Waals surface area contributed by atoms with Crippen molar-refractivity contribution in [1.82, 2.24) is 0 Å². The summed E-state index contributed by atoms with van der Waals surface area (Å²) in [6, 6.07) is 4.14. The molecule has 0 aromatic heterocycles. The third kappa shape index (κ3) is 2.63. The fourth-order valence-corrected chi connectivity index (χ4v) is 2.59. The van der Waals surface area contributed by atoms with Crippen LogP contribution in [0.4, 0.5) is 10.1 Å². The van der Waals surface area contributed by atoms with Crippen LogP contribution in [0, 0.1) is 11.7 Å². The summed E-state index contributed by atoms with van der Waals surface area (Å²) in [6.07, 6.45) is 3.41. The number of nitrogens with zero attached hydrogens (tertiary/aromatic N) is 1. The molecule has 1 atom stereocenters. The summed E-state index contributed by atoms with van der Waals surface area (Å²) in [7, 11) is 0. The second kappa shape index (κ2) is 5.38. The average molecular weight is 251 g/mol.